The van der Waals surface area contributed by atoms with Crippen molar-refractivity contribution in [2.45, 2.75) is 6.92 Å². The molecule has 0 spiro atoms. The van der Waals surface area contributed by atoms with Crippen LogP contribution in [0.4, 0.5) is 4.39 Å². The number of aromatic nitrogens is 4. The topological polar surface area (TPSA) is 77.6 Å². The number of aryl methyl sites for hydroxylation is 1. The molecule has 0 saturated heterocycles. The van der Waals surface area contributed by atoms with E-state index >= 15 is 0 Å². The summed E-state index contributed by atoms with van der Waals surface area (Å²) in [5.74, 6) is -0.124. The highest BCUT2D eigenvalue weighted by atomic mass is 19.1. The van der Waals surface area contributed by atoms with E-state index in [1.807, 2.05) is 49.4 Å². The maximum atomic E-state index is 14.1. The van der Waals surface area contributed by atoms with Crippen LogP contribution in [0.25, 0.3) is 55.4 Å². The van der Waals surface area contributed by atoms with Crippen LogP contribution in [0, 0.1) is 12.7 Å². The first-order valence-corrected chi connectivity index (χ1v) is 10.6. The highest BCUT2D eigenvalue weighted by Gasteiger charge is 2.15. The van der Waals surface area contributed by atoms with Gasteiger partial charge in [0.2, 0.25) is 0 Å². The van der Waals surface area contributed by atoms with Crippen molar-refractivity contribution in [3.63, 3.8) is 0 Å². The van der Waals surface area contributed by atoms with Gasteiger partial charge in [-0.05, 0) is 71.6 Å². The van der Waals surface area contributed by atoms with Gasteiger partial charge in [-0.2, -0.15) is 5.10 Å². The Morgan fingerprint density at radius 2 is 1.73 bits per heavy atom. The second kappa shape index (κ2) is 7.31. The van der Waals surface area contributed by atoms with Crippen molar-refractivity contribution in [2.75, 3.05) is 0 Å². The van der Waals surface area contributed by atoms with Gasteiger partial charge in [0.15, 0.2) is 0 Å². The van der Waals surface area contributed by atoms with Gasteiger partial charge in [0.1, 0.15) is 17.3 Å². The third-order valence-electron chi connectivity index (χ3n) is 5.89. The van der Waals surface area contributed by atoms with Gasteiger partial charge in [-0.25, -0.2) is 4.39 Å². The zero-order valence-electron chi connectivity index (χ0n) is 17.7. The zero-order valence-corrected chi connectivity index (χ0v) is 17.7. The van der Waals surface area contributed by atoms with Crippen LogP contribution >= 0.6 is 0 Å². The number of fused-ring (bicyclic) bond motifs is 2. The molecule has 0 aliphatic carbocycles. The van der Waals surface area contributed by atoms with Gasteiger partial charge in [0.25, 0.3) is 0 Å². The van der Waals surface area contributed by atoms with Crippen molar-refractivity contribution in [3.05, 3.63) is 90.5 Å². The molecule has 0 aliphatic heterocycles. The second-order valence-electron chi connectivity index (χ2n) is 8.23. The molecule has 3 heterocycles. The number of aromatic hydroxyl groups is 1. The van der Waals surface area contributed by atoms with E-state index in [0.717, 1.165) is 61.0 Å². The van der Waals surface area contributed by atoms with E-state index in [9.17, 15) is 9.50 Å². The molecule has 3 aromatic heterocycles. The summed E-state index contributed by atoms with van der Waals surface area (Å²) in [5.41, 5.74) is 7.95. The van der Waals surface area contributed by atoms with Crippen molar-refractivity contribution in [3.8, 4) is 39.4 Å². The molecule has 3 aromatic carbocycles. The molecule has 33 heavy (non-hydrogen) atoms. The van der Waals surface area contributed by atoms with Gasteiger partial charge < -0.3 is 10.1 Å². The predicted molar refractivity (Wildman–Crippen MR) is 128 cm³/mol. The van der Waals surface area contributed by atoms with Crippen molar-refractivity contribution >= 4 is 21.8 Å². The molecule has 160 valence electrons. The number of aromatic amines is 2. The Labute approximate surface area is 188 Å². The number of H-pyrrole nitrogens is 2. The van der Waals surface area contributed by atoms with Crippen molar-refractivity contribution in [2.24, 2.45) is 0 Å². The predicted octanol–water partition coefficient (Wildman–Crippen LogP) is 6.59. The fourth-order valence-electron chi connectivity index (χ4n) is 4.41. The number of nitrogens with one attached hydrogen (secondary N) is 2. The first-order valence-electron chi connectivity index (χ1n) is 10.6. The minimum atomic E-state index is -0.245. The maximum Gasteiger partial charge on any atom is 0.134 e. The summed E-state index contributed by atoms with van der Waals surface area (Å²) in [6.45, 7) is 1.89. The van der Waals surface area contributed by atoms with Crippen LogP contribution in [0.3, 0.4) is 0 Å². The Hall–Kier alpha value is -4.45. The van der Waals surface area contributed by atoms with Crippen LogP contribution in [0.5, 0.6) is 5.75 Å². The fraction of sp³-hybridized carbons (Fsp3) is 0.0370. The standard InChI is InChI=1S/C27H19FN4O/c1-15-7-17(9-19(28)8-15)21-3-2-4-24-22(21)12-26(30-24)27-23-11-16(5-6-25(23)31-32-27)18-10-20(33)14-29-13-18/h2-14,30,33H,1H3,(H,31,32). The Balaban J connectivity index is 1.51. The lowest BCUT2D eigenvalue weighted by molar-refractivity contribution is 0.473. The van der Waals surface area contributed by atoms with E-state index in [1.165, 1.54) is 12.3 Å². The van der Waals surface area contributed by atoms with Crippen LogP contribution in [-0.2, 0) is 0 Å². The highest BCUT2D eigenvalue weighted by molar-refractivity contribution is 6.01. The molecule has 0 aliphatic rings. The SMILES string of the molecule is Cc1cc(F)cc(-c2cccc3[nH]c(-c4n[nH]c5ccc(-c6cncc(O)c6)cc45)cc23)c1. The largest absolute Gasteiger partial charge is 0.506 e. The summed E-state index contributed by atoms with van der Waals surface area (Å²) in [4.78, 5) is 7.55. The molecule has 0 radical (unpaired) electrons. The van der Waals surface area contributed by atoms with Crippen LogP contribution in [0.1, 0.15) is 5.56 Å². The summed E-state index contributed by atoms with van der Waals surface area (Å²) in [5, 5.41) is 19.4. The molecule has 0 fully saturated rings. The molecular weight excluding hydrogens is 415 g/mol. The van der Waals surface area contributed by atoms with Gasteiger partial charge in [-0.1, -0.05) is 24.3 Å². The lowest BCUT2D eigenvalue weighted by Gasteiger charge is -2.05. The molecule has 5 nitrogen and oxygen atoms in total. The number of pyridine rings is 1. The number of hydrogen-bond acceptors (Lipinski definition) is 3. The van der Waals surface area contributed by atoms with Crippen molar-refractivity contribution in [1.82, 2.24) is 20.2 Å². The molecular formula is C27H19FN4O. The van der Waals surface area contributed by atoms with Crippen molar-refractivity contribution < 1.29 is 9.50 Å². The Bertz CT molecular complexity index is 1640. The highest BCUT2D eigenvalue weighted by Crippen LogP contribution is 2.35. The molecule has 6 rings (SSSR count). The van der Waals surface area contributed by atoms with E-state index in [2.05, 4.69) is 26.2 Å². The third-order valence-corrected chi connectivity index (χ3v) is 5.89. The third kappa shape index (κ3) is 3.32. The van der Waals surface area contributed by atoms with Crippen LogP contribution in [0.15, 0.2) is 79.1 Å². The van der Waals surface area contributed by atoms with Crippen LogP contribution < -0.4 is 0 Å². The minimum Gasteiger partial charge on any atom is -0.506 e. The van der Waals surface area contributed by atoms with E-state index in [-0.39, 0.29) is 11.6 Å². The summed E-state index contributed by atoms with van der Waals surface area (Å²) in [7, 11) is 0. The summed E-state index contributed by atoms with van der Waals surface area (Å²) < 4.78 is 14.1. The van der Waals surface area contributed by atoms with E-state index in [4.69, 9.17) is 0 Å². The fourth-order valence-corrected chi connectivity index (χ4v) is 4.41. The molecule has 0 unspecified atom stereocenters. The number of halogens is 1. The summed E-state index contributed by atoms with van der Waals surface area (Å²) in [6.07, 6.45) is 3.13. The van der Waals surface area contributed by atoms with Gasteiger partial charge >= 0.3 is 0 Å². The van der Waals surface area contributed by atoms with Crippen molar-refractivity contribution in [1.29, 1.82) is 0 Å². The van der Waals surface area contributed by atoms with Gasteiger partial charge in [-0.3, -0.25) is 10.1 Å². The lowest BCUT2D eigenvalue weighted by Crippen LogP contribution is -1.84. The quantitative estimate of drug-likeness (QED) is 0.294. The van der Waals surface area contributed by atoms with Crippen LogP contribution in [-0.4, -0.2) is 25.3 Å². The average molecular weight is 434 g/mol. The normalized spacial score (nSPS) is 11.5. The molecule has 6 heteroatoms. The van der Waals surface area contributed by atoms with Gasteiger partial charge in [-0.15, -0.1) is 0 Å². The minimum absolute atomic E-state index is 0.121. The first-order chi connectivity index (χ1) is 16.0. The van der Waals surface area contributed by atoms with E-state index in [1.54, 1.807) is 18.3 Å². The zero-order chi connectivity index (χ0) is 22.5. The smallest absolute Gasteiger partial charge is 0.134 e. The number of hydrogen-bond donors (Lipinski definition) is 3. The molecule has 0 bridgehead atoms. The summed E-state index contributed by atoms with van der Waals surface area (Å²) >= 11 is 0. The molecule has 0 atom stereocenters. The second-order valence-corrected chi connectivity index (χ2v) is 8.23. The molecule has 6 aromatic rings. The molecule has 0 saturated carbocycles. The molecule has 0 amide bonds. The van der Waals surface area contributed by atoms with Crippen LogP contribution in [0.2, 0.25) is 0 Å². The first kappa shape index (κ1) is 19.3. The van der Waals surface area contributed by atoms with Gasteiger partial charge in [0.05, 0.1) is 17.4 Å². The Morgan fingerprint density at radius 3 is 2.58 bits per heavy atom. The Morgan fingerprint density at radius 1 is 0.818 bits per heavy atom. The average Bonchev–Trinajstić information content (AvgIpc) is 3.41. The monoisotopic (exact) mass is 434 g/mol. The van der Waals surface area contributed by atoms with Gasteiger partial charge in [0, 0.05) is 28.0 Å². The summed E-state index contributed by atoms with van der Waals surface area (Å²) in [6, 6.07) is 20.8. The lowest BCUT2D eigenvalue weighted by atomic mass is 9.99. The van der Waals surface area contributed by atoms with E-state index < -0.39 is 0 Å². The number of nitrogens with zero attached hydrogens (tertiary/aromatic N) is 2. The maximum absolute atomic E-state index is 14.1. The number of benzene rings is 3. The number of rotatable bonds is 3. The van der Waals surface area contributed by atoms with E-state index in [0.29, 0.717) is 0 Å². The molecule has 3 N–H and O–H groups in total. The Kier molecular flexibility index (Phi) is 4.26.